The van der Waals surface area contributed by atoms with Crippen LogP contribution < -0.4 is 5.32 Å². The summed E-state index contributed by atoms with van der Waals surface area (Å²) in [5.74, 6) is -0.0682. The highest BCUT2D eigenvalue weighted by molar-refractivity contribution is 5.69. The molecular weight excluding hydrogens is 202 g/mol. The van der Waals surface area contributed by atoms with Gasteiger partial charge in [0, 0.05) is 13.0 Å². The molecular formula is C13H25NO2. The van der Waals surface area contributed by atoms with Crippen LogP contribution in [0.2, 0.25) is 0 Å². The van der Waals surface area contributed by atoms with Gasteiger partial charge in [0.1, 0.15) is 6.61 Å². The molecule has 0 saturated heterocycles. The smallest absolute Gasteiger partial charge is 0.305 e. The van der Waals surface area contributed by atoms with E-state index in [1.165, 1.54) is 19.3 Å². The maximum atomic E-state index is 11.2. The van der Waals surface area contributed by atoms with Crippen molar-refractivity contribution < 1.29 is 9.53 Å². The molecule has 94 valence electrons. The van der Waals surface area contributed by atoms with Crippen molar-refractivity contribution >= 4 is 5.97 Å². The van der Waals surface area contributed by atoms with E-state index in [0.717, 1.165) is 25.8 Å². The molecule has 3 heteroatoms. The molecule has 0 aromatic heterocycles. The van der Waals surface area contributed by atoms with Gasteiger partial charge < -0.3 is 10.1 Å². The third-order valence-corrected chi connectivity index (χ3v) is 2.40. The van der Waals surface area contributed by atoms with Crippen LogP contribution in [0.3, 0.4) is 0 Å². The summed E-state index contributed by atoms with van der Waals surface area (Å²) in [7, 11) is 1.84. The Kier molecular flexibility index (Phi) is 11.6. The molecule has 16 heavy (non-hydrogen) atoms. The molecule has 1 N–H and O–H groups in total. The second-order valence-corrected chi connectivity index (χ2v) is 3.92. The van der Waals surface area contributed by atoms with Crippen LogP contribution in [0.15, 0.2) is 12.7 Å². The lowest BCUT2D eigenvalue weighted by Gasteiger charge is -2.04. The summed E-state index contributed by atoms with van der Waals surface area (Å²) >= 11 is 0. The van der Waals surface area contributed by atoms with Crippen LogP contribution in [0.1, 0.15) is 44.9 Å². The monoisotopic (exact) mass is 227 g/mol. The van der Waals surface area contributed by atoms with Gasteiger partial charge >= 0.3 is 5.97 Å². The maximum absolute atomic E-state index is 11.2. The van der Waals surface area contributed by atoms with Gasteiger partial charge in [-0.3, -0.25) is 4.79 Å². The van der Waals surface area contributed by atoms with E-state index in [9.17, 15) is 4.79 Å². The Labute approximate surface area is 99.3 Å². The van der Waals surface area contributed by atoms with Crippen molar-refractivity contribution in [2.24, 2.45) is 0 Å². The summed E-state index contributed by atoms with van der Waals surface area (Å²) in [5, 5.41) is 2.93. The lowest BCUT2D eigenvalue weighted by Crippen LogP contribution is -2.17. The van der Waals surface area contributed by atoms with E-state index in [1.807, 2.05) is 13.1 Å². The predicted molar refractivity (Wildman–Crippen MR) is 67.4 cm³/mol. The molecule has 0 aromatic carbocycles. The average Bonchev–Trinajstić information content (AvgIpc) is 2.28. The number of unbranched alkanes of at least 4 members (excludes halogenated alkanes) is 5. The van der Waals surface area contributed by atoms with Crippen LogP contribution in [0.5, 0.6) is 0 Å². The van der Waals surface area contributed by atoms with Gasteiger partial charge in [0.25, 0.3) is 0 Å². The van der Waals surface area contributed by atoms with E-state index in [2.05, 4.69) is 11.9 Å². The minimum Gasteiger partial charge on any atom is -0.464 e. The summed E-state index contributed by atoms with van der Waals surface area (Å²) in [4.78, 5) is 11.2. The second-order valence-electron chi connectivity index (χ2n) is 3.92. The Morgan fingerprint density at radius 2 is 1.94 bits per heavy atom. The molecule has 3 nitrogen and oxygen atoms in total. The molecule has 0 amide bonds. The molecule has 0 bridgehead atoms. The highest BCUT2D eigenvalue weighted by atomic mass is 16.5. The SMILES string of the molecule is C=CCCCCCCCC(=O)OCCNC. The standard InChI is InChI=1S/C13H25NO2/c1-3-4-5-6-7-8-9-10-13(15)16-12-11-14-2/h3,14H,1,4-12H2,2H3. The largest absolute Gasteiger partial charge is 0.464 e. The van der Waals surface area contributed by atoms with Crippen molar-refractivity contribution in [3.63, 3.8) is 0 Å². The number of likely N-dealkylation sites (N-methyl/N-ethyl adjacent to an activating group) is 1. The Morgan fingerprint density at radius 3 is 2.62 bits per heavy atom. The third-order valence-electron chi connectivity index (χ3n) is 2.40. The van der Waals surface area contributed by atoms with Gasteiger partial charge in [-0.1, -0.05) is 25.3 Å². The van der Waals surface area contributed by atoms with Crippen molar-refractivity contribution in [3.8, 4) is 0 Å². The van der Waals surface area contributed by atoms with Crippen LogP contribution in [0, 0.1) is 0 Å². The van der Waals surface area contributed by atoms with E-state index in [0.29, 0.717) is 13.0 Å². The quantitative estimate of drug-likeness (QED) is 0.335. The van der Waals surface area contributed by atoms with Gasteiger partial charge in [-0.15, -0.1) is 6.58 Å². The first kappa shape index (κ1) is 15.2. The first-order valence-corrected chi connectivity index (χ1v) is 6.22. The van der Waals surface area contributed by atoms with Crippen molar-refractivity contribution in [2.45, 2.75) is 44.9 Å². The van der Waals surface area contributed by atoms with E-state index < -0.39 is 0 Å². The fraction of sp³-hybridized carbons (Fsp3) is 0.769. The number of hydrogen-bond donors (Lipinski definition) is 1. The molecule has 0 heterocycles. The number of rotatable bonds is 11. The van der Waals surface area contributed by atoms with Gasteiger partial charge in [-0.05, 0) is 26.3 Å². The van der Waals surface area contributed by atoms with Crippen molar-refractivity contribution in [1.82, 2.24) is 5.32 Å². The molecule has 0 aliphatic carbocycles. The van der Waals surface area contributed by atoms with E-state index in [-0.39, 0.29) is 5.97 Å². The van der Waals surface area contributed by atoms with Crippen LogP contribution in [-0.2, 0) is 9.53 Å². The van der Waals surface area contributed by atoms with Crippen LogP contribution in [0.4, 0.5) is 0 Å². The van der Waals surface area contributed by atoms with Gasteiger partial charge in [0.05, 0.1) is 0 Å². The zero-order valence-corrected chi connectivity index (χ0v) is 10.5. The number of allylic oxidation sites excluding steroid dienone is 1. The van der Waals surface area contributed by atoms with E-state index in [4.69, 9.17) is 4.74 Å². The normalized spacial score (nSPS) is 10.1. The number of ether oxygens (including phenoxy) is 1. The summed E-state index contributed by atoms with van der Waals surface area (Å²) < 4.78 is 5.01. The predicted octanol–water partition coefficient (Wildman–Crippen LogP) is 2.67. The van der Waals surface area contributed by atoms with Crippen molar-refractivity contribution in [3.05, 3.63) is 12.7 Å². The summed E-state index contributed by atoms with van der Waals surface area (Å²) in [5.41, 5.74) is 0. The third kappa shape index (κ3) is 11.2. The van der Waals surface area contributed by atoms with Crippen LogP contribution in [-0.4, -0.2) is 26.2 Å². The highest BCUT2D eigenvalue weighted by Gasteiger charge is 2.01. The molecule has 0 rings (SSSR count). The van der Waals surface area contributed by atoms with Crippen LogP contribution >= 0.6 is 0 Å². The molecule has 0 saturated carbocycles. The average molecular weight is 227 g/mol. The summed E-state index contributed by atoms with van der Waals surface area (Å²) in [6.07, 6.45) is 9.36. The number of hydrogen-bond acceptors (Lipinski definition) is 3. The van der Waals surface area contributed by atoms with Gasteiger partial charge in [0.2, 0.25) is 0 Å². The first-order chi connectivity index (χ1) is 7.81. The minimum absolute atomic E-state index is 0.0682. The van der Waals surface area contributed by atoms with E-state index in [1.54, 1.807) is 0 Å². The Morgan fingerprint density at radius 1 is 1.25 bits per heavy atom. The number of carbonyl (C=O) groups is 1. The number of carbonyl (C=O) groups excluding carboxylic acids is 1. The fourth-order valence-electron chi connectivity index (χ4n) is 1.43. The fourth-order valence-corrected chi connectivity index (χ4v) is 1.43. The van der Waals surface area contributed by atoms with Crippen molar-refractivity contribution in [2.75, 3.05) is 20.2 Å². The zero-order chi connectivity index (χ0) is 12.1. The number of esters is 1. The molecule has 0 radical (unpaired) electrons. The molecule has 0 aliphatic rings. The van der Waals surface area contributed by atoms with Gasteiger partial charge in [-0.2, -0.15) is 0 Å². The maximum Gasteiger partial charge on any atom is 0.305 e. The van der Waals surface area contributed by atoms with Crippen molar-refractivity contribution in [1.29, 1.82) is 0 Å². The minimum atomic E-state index is -0.0682. The molecule has 0 unspecified atom stereocenters. The topological polar surface area (TPSA) is 38.3 Å². The number of nitrogens with one attached hydrogen (secondary N) is 1. The Balaban J connectivity index is 3.12. The van der Waals surface area contributed by atoms with Crippen LogP contribution in [0.25, 0.3) is 0 Å². The molecule has 0 spiro atoms. The summed E-state index contributed by atoms with van der Waals surface area (Å²) in [6, 6.07) is 0. The molecule has 0 fully saturated rings. The van der Waals surface area contributed by atoms with Gasteiger partial charge in [-0.25, -0.2) is 0 Å². The van der Waals surface area contributed by atoms with E-state index >= 15 is 0 Å². The highest BCUT2D eigenvalue weighted by Crippen LogP contribution is 2.07. The molecule has 0 aliphatic heterocycles. The summed E-state index contributed by atoms with van der Waals surface area (Å²) in [6.45, 7) is 4.90. The first-order valence-electron chi connectivity index (χ1n) is 6.22. The second kappa shape index (κ2) is 12.2. The zero-order valence-electron chi connectivity index (χ0n) is 10.5. The Hall–Kier alpha value is -0.830. The Bertz CT molecular complexity index is 181. The lowest BCUT2D eigenvalue weighted by molar-refractivity contribution is -0.143. The molecule has 0 atom stereocenters. The van der Waals surface area contributed by atoms with Gasteiger partial charge in [0.15, 0.2) is 0 Å². The molecule has 0 aromatic rings. The lowest BCUT2D eigenvalue weighted by atomic mass is 10.1.